The average Bonchev–Trinajstić information content (AvgIpc) is 3.87. The molecule has 0 saturated carbocycles. The molecule has 62 heavy (non-hydrogen) atoms. The SMILES string of the molecule is c1ccc(-c2ccccc2N(c2ccc(-c3cccc4oc5ccccc5c34)cc2)c2cccc3c2-c2c(ccc4ccccc24)C32c3ccccc3Oc3ccccc32)cc1. The molecule has 0 bridgehead atoms. The first-order valence-corrected chi connectivity index (χ1v) is 21.3. The van der Waals surface area contributed by atoms with Crippen LogP contribution in [0.3, 0.4) is 0 Å². The van der Waals surface area contributed by atoms with Gasteiger partial charge in [-0.05, 0) is 92.7 Å². The van der Waals surface area contributed by atoms with Crippen LogP contribution in [0.5, 0.6) is 11.5 Å². The van der Waals surface area contributed by atoms with Crippen molar-refractivity contribution in [1.82, 2.24) is 0 Å². The van der Waals surface area contributed by atoms with E-state index in [1.54, 1.807) is 0 Å². The molecule has 1 spiro atoms. The van der Waals surface area contributed by atoms with Crippen molar-refractivity contribution < 1.29 is 9.15 Å². The van der Waals surface area contributed by atoms with Crippen LogP contribution in [0.15, 0.2) is 229 Å². The highest BCUT2D eigenvalue weighted by Crippen LogP contribution is 2.65. The second-order valence-electron chi connectivity index (χ2n) is 16.3. The Bertz CT molecular complexity index is 3520. The quantitative estimate of drug-likeness (QED) is 0.174. The van der Waals surface area contributed by atoms with Crippen LogP contribution in [0, 0.1) is 0 Å². The van der Waals surface area contributed by atoms with Crippen LogP contribution in [0.4, 0.5) is 17.1 Å². The minimum Gasteiger partial charge on any atom is -0.457 e. The number of para-hydroxylation sites is 4. The zero-order valence-corrected chi connectivity index (χ0v) is 33.6. The smallest absolute Gasteiger partial charge is 0.136 e. The standard InChI is InChI=1S/C59H37NO2/c1-2-16-38(17-3-1)42-19-6-10-26-50(42)60(41-35-32-40(33-36-41)43-22-14-31-55-56(43)45-21-7-11-28-52(45)61-55)51-27-15-25-48-58(51)57-44-20-5-4-18-39(44)34-37-49(57)59(48)46-23-8-12-29-53(46)62-54-30-13-9-24-47(54)59/h1-37H. The van der Waals surface area contributed by atoms with Gasteiger partial charge in [-0.3, -0.25) is 0 Å². The molecule has 1 aromatic heterocycles. The fraction of sp³-hybridized carbons (Fsp3) is 0.0169. The van der Waals surface area contributed by atoms with E-state index in [4.69, 9.17) is 9.15 Å². The summed E-state index contributed by atoms with van der Waals surface area (Å²) >= 11 is 0. The zero-order valence-electron chi connectivity index (χ0n) is 33.6. The van der Waals surface area contributed by atoms with Crippen LogP contribution in [0.2, 0.25) is 0 Å². The number of rotatable bonds is 5. The third-order valence-corrected chi connectivity index (χ3v) is 13.1. The fourth-order valence-corrected chi connectivity index (χ4v) is 10.6. The van der Waals surface area contributed by atoms with Crippen LogP contribution < -0.4 is 9.64 Å². The van der Waals surface area contributed by atoms with Crippen molar-refractivity contribution in [1.29, 1.82) is 0 Å². The summed E-state index contributed by atoms with van der Waals surface area (Å²) in [6, 6.07) is 81.0. The first-order chi connectivity index (χ1) is 30.8. The molecule has 1 aliphatic heterocycles. The van der Waals surface area contributed by atoms with Crippen molar-refractivity contribution in [3.63, 3.8) is 0 Å². The molecular formula is C59H37NO2. The van der Waals surface area contributed by atoms with Crippen molar-refractivity contribution in [2.24, 2.45) is 0 Å². The normalized spacial score (nSPS) is 13.1. The van der Waals surface area contributed by atoms with E-state index < -0.39 is 5.41 Å². The molecule has 3 heteroatoms. The van der Waals surface area contributed by atoms with Gasteiger partial charge in [0, 0.05) is 38.7 Å². The predicted octanol–water partition coefficient (Wildman–Crippen LogP) is 16.0. The molecule has 0 unspecified atom stereocenters. The summed E-state index contributed by atoms with van der Waals surface area (Å²) in [4.78, 5) is 2.49. The van der Waals surface area contributed by atoms with Gasteiger partial charge in [0.05, 0.1) is 16.8 Å². The molecule has 0 amide bonds. The van der Waals surface area contributed by atoms with E-state index >= 15 is 0 Å². The number of benzene rings is 10. The molecule has 0 fully saturated rings. The van der Waals surface area contributed by atoms with Crippen molar-refractivity contribution in [2.75, 3.05) is 4.90 Å². The Morgan fingerprint density at radius 3 is 1.76 bits per heavy atom. The predicted molar refractivity (Wildman–Crippen MR) is 254 cm³/mol. The van der Waals surface area contributed by atoms with Gasteiger partial charge in [-0.25, -0.2) is 0 Å². The zero-order chi connectivity index (χ0) is 40.8. The summed E-state index contributed by atoms with van der Waals surface area (Å²) in [6.07, 6.45) is 0. The minimum absolute atomic E-state index is 0.628. The van der Waals surface area contributed by atoms with Crippen LogP contribution >= 0.6 is 0 Å². The van der Waals surface area contributed by atoms with E-state index in [0.29, 0.717) is 0 Å². The largest absolute Gasteiger partial charge is 0.457 e. The molecular weight excluding hydrogens is 755 g/mol. The Morgan fingerprint density at radius 1 is 0.355 bits per heavy atom. The first-order valence-electron chi connectivity index (χ1n) is 21.3. The summed E-state index contributed by atoms with van der Waals surface area (Å²) in [5.41, 5.74) is 16.3. The number of hydrogen-bond donors (Lipinski definition) is 0. The maximum atomic E-state index is 6.74. The van der Waals surface area contributed by atoms with E-state index in [1.165, 1.54) is 33.0 Å². The van der Waals surface area contributed by atoms with Gasteiger partial charge >= 0.3 is 0 Å². The summed E-state index contributed by atoms with van der Waals surface area (Å²) in [5, 5.41) is 4.69. The van der Waals surface area contributed by atoms with Gasteiger partial charge < -0.3 is 14.1 Å². The van der Waals surface area contributed by atoms with Crippen molar-refractivity contribution >= 4 is 49.8 Å². The lowest BCUT2D eigenvalue weighted by Crippen LogP contribution is -2.32. The van der Waals surface area contributed by atoms with E-state index in [-0.39, 0.29) is 0 Å². The molecule has 10 aromatic carbocycles. The highest BCUT2D eigenvalue weighted by molar-refractivity contribution is 6.13. The first kappa shape index (κ1) is 34.7. The number of nitrogens with zero attached hydrogens (tertiary/aromatic N) is 1. The Labute approximate surface area is 359 Å². The highest BCUT2D eigenvalue weighted by Gasteiger charge is 2.52. The molecule has 0 saturated heterocycles. The van der Waals surface area contributed by atoms with Gasteiger partial charge in [0.25, 0.3) is 0 Å². The summed E-state index contributed by atoms with van der Waals surface area (Å²) < 4.78 is 13.1. The Hall–Kier alpha value is -8.14. The monoisotopic (exact) mass is 791 g/mol. The summed E-state index contributed by atoms with van der Waals surface area (Å²) in [7, 11) is 0. The Balaban J connectivity index is 1.11. The van der Waals surface area contributed by atoms with Crippen LogP contribution in [-0.2, 0) is 5.41 Å². The molecule has 3 nitrogen and oxygen atoms in total. The van der Waals surface area contributed by atoms with E-state index in [0.717, 1.165) is 83.9 Å². The number of furan rings is 1. The van der Waals surface area contributed by atoms with Crippen LogP contribution in [0.25, 0.3) is 66.1 Å². The second kappa shape index (κ2) is 13.4. The number of ether oxygens (including phenoxy) is 1. The number of anilines is 3. The molecule has 0 radical (unpaired) electrons. The van der Waals surface area contributed by atoms with Crippen molar-refractivity contribution in [3.05, 3.63) is 247 Å². The Kier molecular flexibility index (Phi) is 7.52. The van der Waals surface area contributed by atoms with Crippen LogP contribution in [0.1, 0.15) is 22.3 Å². The molecule has 13 rings (SSSR count). The highest BCUT2D eigenvalue weighted by atomic mass is 16.5. The van der Waals surface area contributed by atoms with E-state index in [9.17, 15) is 0 Å². The van der Waals surface area contributed by atoms with Crippen molar-refractivity contribution in [3.8, 4) is 44.9 Å². The van der Waals surface area contributed by atoms with Gasteiger partial charge in [-0.15, -0.1) is 0 Å². The van der Waals surface area contributed by atoms with Crippen molar-refractivity contribution in [2.45, 2.75) is 5.41 Å². The molecule has 11 aromatic rings. The lowest BCUT2D eigenvalue weighted by molar-refractivity contribution is 0.436. The molecule has 290 valence electrons. The molecule has 1 aliphatic carbocycles. The molecule has 2 aliphatic rings. The van der Waals surface area contributed by atoms with Gasteiger partial charge in [-0.2, -0.15) is 0 Å². The lowest BCUT2D eigenvalue weighted by Gasteiger charge is -2.39. The average molecular weight is 792 g/mol. The summed E-state index contributed by atoms with van der Waals surface area (Å²) in [6.45, 7) is 0. The van der Waals surface area contributed by atoms with Gasteiger partial charge in [0.15, 0.2) is 0 Å². The third-order valence-electron chi connectivity index (χ3n) is 13.1. The lowest BCUT2D eigenvalue weighted by atomic mass is 9.66. The topological polar surface area (TPSA) is 25.6 Å². The van der Waals surface area contributed by atoms with E-state index in [2.05, 4.69) is 217 Å². The van der Waals surface area contributed by atoms with E-state index in [1.807, 2.05) is 12.1 Å². The summed E-state index contributed by atoms with van der Waals surface area (Å²) in [5.74, 6) is 1.76. The minimum atomic E-state index is -0.628. The van der Waals surface area contributed by atoms with Gasteiger partial charge in [0.2, 0.25) is 0 Å². The Morgan fingerprint density at radius 2 is 0.935 bits per heavy atom. The van der Waals surface area contributed by atoms with Crippen LogP contribution in [-0.4, -0.2) is 0 Å². The number of fused-ring (bicyclic) bond motifs is 14. The molecule has 0 atom stereocenters. The maximum absolute atomic E-state index is 6.74. The maximum Gasteiger partial charge on any atom is 0.136 e. The van der Waals surface area contributed by atoms with Gasteiger partial charge in [0.1, 0.15) is 22.7 Å². The third kappa shape index (κ3) is 4.88. The fourth-order valence-electron chi connectivity index (χ4n) is 10.6. The number of hydrogen-bond acceptors (Lipinski definition) is 3. The van der Waals surface area contributed by atoms with Gasteiger partial charge in [-0.1, -0.05) is 176 Å². The molecule has 2 heterocycles. The molecule has 0 N–H and O–H groups in total. The second-order valence-corrected chi connectivity index (χ2v) is 16.3.